The van der Waals surface area contributed by atoms with Crippen LogP contribution >= 0.6 is 58.4 Å². The van der Waals surface area contributed by atoms with E-state index in [1.165, 1.54) is 22.7 Å². The van der Waals surface area contributed by atoms with E-state index in [2.05, 4.69) is 36.2 Å². The summed E-state index contributed by atoms with van der Waals surface area (Å²) in [5, 5.41) is 50.7. The molecule has 0 aliphatic heterocycles. The number of nitrogens with zero attached hydrogens (tertiary/aromatic N) is 5. The lowest BCUT2D eigenvalue weighted by Gasteiger charge is -2.26. The quantitative estimate of drug-likeness (QED) is 0.0387. The van der Waals surface area contributed by atoms with Gasteiger partial charge in [0.05, 0.1) is 17.5 Å². The number of rotatable bonds is 16. The molecule has 2 rings (SSSR count). The first kappa shape index (κ1) is 33.1. The van der Waals surface area contributed by atoms with Gasteiger partial charge in [0.15, 0.2) is 27.3 Å². The van der Waals surface area contributed by atoms with E-state index in [0.29, 0.717) is 40.0 Å². The number of nitrogens with two attached hydrogens (primary N) is 3. The molecule has 13 N–H and O–H groups in total. The molecule has 40 heavy (non-hydrogen) atoms. The number of aromatic nitrogens is 2. The highest BCUT2D eigenvalue weighted by Crippen LogP contribution is 2.20. The van der Waals surface area contributed by atoms with Gasteiger partial charge < -0.3 is 48.5 Å². The van der Waals surface area contributed by atoms with Crippen molar-refractivity contribution in [3.63, 3.8) is 0 Å². The molecule has 1 atom stereocenters. The second-order valence-electron chi connectivity index (χ2n) is 7.78. The van der Waals surface area contributed by atoms with Crippen LogP contribution in [-0.2, 0) is 11.5 Å². The molecule has 1 unspecified atom stereocenters. The summed E-state index contributed by atoms with van der Waals surface area (Å²) in [6.45, 7) is 1.46. The molecule has 2 heterocycles. The van der Waals surface area contributed by atoms with Crippen LogP contribution < -0.4 is 38.5 Å². The zero-order valence-electron chi connectivity index (χ0n) is 21.3. The molecule has 0 aromatic carbocycles. The minimum Gasteiger partial charge on any atom is -0.389 e. The fourth-order valence-corrected chi connectivity index (χ4v) is 6.31. The molecule has 15 nitrogen and oxygen atoms in total. The number of thiocarbonyl (C=S) groups is 1. The SMILES string of the molecule is N#CN=C(N)N(CCSCc1csc(NC(=N)N)n1)CC(O)CNC(=S)NCCSCc1csc(NC(=N)N)n1. The second kappa shape index (κ2) is 18.3. The van der Waals surface area contributed by atoms with Gasteiger partial charge in [0.25, 0.3) is 0 Å². The maximum absolute atomic E-state index is 10.5. The predicted octanol–water partition coefficient (Wildman–Crippen LogP) is 0.300. The van der Waals surface area contributed by atoms with Crippen molar-refractivity contribution in [2.75, 3.05) is 48.3 Å². The number of anilines is 2. The van der Waals surface area contributed by atoms with Gasteiger partial charge in [-0.1, -0.05) is 0 Å². The van der Waals surface area contributed by atoms with Gasteiger partial charge in [-0.3, -0.25) is 10.8 Å². The lowest BCUT2D eigenvalue weighted by Crippen LogP contribution is -2.47. The van der Waals surface area contributed by atoms with E-state index in [9.17, 15) is 5.11 Å². The molecule has 0 saturated carbocycles. The molecule has 218 valence electrons. The average molecular weight is 645 g/mol. The Balaban J connectivity index is 1.64. The van der Waals surface area contributed by atoms with Crippen LogP contribution in [0.3, 0.4) is 0 Å². The van der Waals surface area contributed by atoms with E-state index in [-0.39, 0.29) is 31.0 Å². The van der Waals surface area contributed by atoms with E-state index >= 15 is 0 Å². The molecule has 0 radical (unpaired) electrons. The Morgan fingerprint density at radius 3 is 2.20 bits per heavy atom. The van der Waals surface area contributed by atoms with Crippen molar-refractivity contribution in [1.29, 1.82) is 16.1 Å². The summed E-state index contributed by atoms with van der Waals surface area (Å²) in [7, 11) is 0. The number of hydrogen-bond acceptors (Lipinski definition) is 12. The zero-order valence-corrected chi connectivity index (χ0v) is 25.4. The van der Waals surface area contributed by atoms with Gasteiger partial charge in [-0.15, -0.1) is 27.7 Å². The lowest BCUT2D eigenvalue weighted by molar-refractivity contribution is 0.146. The lowest BCUT2D eigenvalue weighted by atomic mass is 10.3. The zero-order chi connectivity index (χ0) is 29.3. The van der Waals surface area contributed by atoms with Crippen LogP contribution in [0, 0.1) is 22.3 Å². The topological polar surface area (TPSA) is 259 Å². The summed E-state index contributed by atoms with van der Waals surface area (Å²) in [5.74, 6) is 2.54. The summed E-state index contributed by atoms with van der Waals surface area (Å²) >= 11 is 11.3. The summed E-state index contributed by atoms with van der Waals surface area (Å²) in [6, 6.07) is 0. The number of nitrogens with one attached hydrogen (secondary N) is 6. The minimum absolute atomic E-state index is 0.0331. The van der Waals surface area contributed by atoms with Gasteiger partial charge in [0.1, 0.15) is 0 Å². The average Bonchev–Trinajstić information content (AvgIpc) is 3.52. The fraction of sp³-hybridized carbons (Fsp3) is 0.450. The fourth-order valence-electron chi connectivity index (χ4n) is 2.87. The number of thiazole rings is 2. The van der Waals surface area contributed by atoms with Crippen molar-refractivity contribution in [2.24, 2.45) is 22.2 Å². The van der Waals surface area contributed by atoms with Crippen molar-refractivity contribution < 1.29 is 5.11 Å². The highest BCUT2D eigenvalue weighted by Gasteiger charge is 2.15. The Kier molecular flexibility index (Phi) is 15.1. The van der Waals surface area contributed by atoms with Gasteiger partial charge in [-0.2, -0.15) is 28.8 Å². The van der Waals surface area contributed by atoms with Crippen LogP contribution in [-0.4, -0.2) is 86.8 Å². The van der Waals surface area contributed by atoms with Crippen LogP contribution in [0.1, 0.15) is 11.4 Å². The third kappa shape index (κ3) is 13.8. The van der Waals surface area contributed by atoms with Crippen LogP contribution in [0.5, 0.6) is 0 Å². The maximum Gasteiger partial charge on any atom is 0.209 e. The number of guanidine groups is 3. The molecule has 2 aromatic heterocycles. The number of nitriles is 1. The molecule has 0 aliphatic rings. The van der Waals surface area contributed by atoms with Crippen molar-refractivity contribution in [2.45, 2.75) is 17.6 Å². The first-order chi connectivity index (χ1) is 19.2. The monoisotopic (exact) mass is 644 g/mol. The first-order valence-corrected chi connectivity index (χ1v) is 16.1. The van der Waals surface area contributed by atoms with Gasteiger partial charge in [0, 0.05) is 60.0 Å². The van der Waals surface area contributed by atoms with Crippen LogP contribution in [0.2, 0.25) is 0 Å². The molecule has 0 amide bonds. The summed E-state index contributed by atoms with van der Waals surface area (Å²) in [4.78, 5) is 14.0. The Morgan fingerprint density at radius 1 is 1.07 bits per heavy atom. The van der Waals surface area contributed by atoms with E-state index in [1.54, 1.807) is 34.6 Å². The standard InChI is InChI=1S/C20H32N14OS5/c21-11-29-17(26)34(2-4-38-8-13-10-40-20(31-13)33-16(24)25)6-14(35)5-28-18(36)27-1-3-37-7-12-9-39-19(30-12)32-15(22)23/h9-10,14,35H,1-8H2,(H2,26,29)(H2,27,28,36)(H4,22,23,30,32)(H4,24,25,31,33). The van der Waals surface area contributed by atoms with E-state index < -0.39 is 6.10 Å². The Morgan fingerprint density at radius 2 is 1.65 bits per heavy atom. The summed E-state index contributed by atoms with van der Waals surface area (Å²) < 4.78 is 0. The molecule has 0 saturated heterocycles. The molecule has 0 fully saturated rings. The number of hydrogen-bond donors (Lipinski definition) is 10. The van der Waals surface area contributed by atoms with Gasteiger partial charge >= 0.3 is 0 Å². The summed E-state index contributed by atoms with van der Waals surface area (Å²) in [6.07, 6.45) is 0.868. The normalized spacial score (nSPS) is 11.8. The third-order valence-electron chi connectivity index (χ3n) is 4.54. The molecule has 0 spiro atoms. The van der Waals surface area contributed by atoms with E-state index in [1.807, 2.05) is 10.8 Å². The molecule has 2 aromatic rings. The largest absolute Gasteiger partial charge is 0.389 e. The second-order valence-corrected chi connectivity index (χ2v) is 12.1. The predicted molar refractivity (Wildman–Crippen MR) is 171 cm³/mol. The van der Waals surface area contributed by atoms with Gasteiger partial charge in [-0.05, 0) is 12.2 Å². The van der Waals surface area contributed by atoms with Crippen molar-refractivity contribution in [1.82, 2.24) is 25.5 Å². The number of aliphatic imine (C=N–C) groups is 1. The highest BCUT2D eigenvalue weighted by atomic mass is 32.2. The Labute approximate surface area is 253 Å². The molecular weight excluding hydrogens is 613 g/mol. The molecular formula is C20H32N14OS5. The first-order valence-electron chi connectivity index (χ1n) is 11.6. The molecule has 20 heteroatoms. The van der Waals surface area contributed by atoms with Gasteiger partial charge in [-0.25, -0.2) is 9.97 Å². The maximum atomic E-state index is 10.5. The van der Waals surface area contributed by atoms with Crippen LogP contribution in [0.15, 0.2) is 15.8 Å². The van der Waals surface area contributed by atoms with Crippen LogP contribution in [0.25, 0.3) is 0 Å². The molecule has 0 bridgehead atoms. The van der Waals surface area contributed by atoms with Crippen molar-refractivity contribution >= 4 is 91.7 Å². The number of thioether (sulfide) groups is 2. The van der Waals surface area contributed by atoms with Crippen LogP contribution in [0.4, 0.5) is 10.3 Å². The number of aliphatic hydroxyl groups excluding tert-OH is 1. The minimum atomic E-state index is -0.812. The summed E-state index contributed by atoms with van der Waals surface area (Å²) in [5.41, 5.74) is 18.3. The number of aliphatic hydroxyl groups is 1. The van der Waals surface area contributed by atoms with Crippen molar-refractivity contribution in [3.8, 4) is 6.19 Å². The Hall–Kier alpha value is -3.09. The highest BCUT2D eigenvalue weighted by molar-refractivity contribution is 7.98. The van der Waals surface area contributed by atoms with Crippen molar-refractivity contribution in [3.05, 3.63) is 22.1 Å². The molecule has 0 aliphatic carbocycles. The van der Waals surface area contributed by atoms with E-state index in [4.69, 9.17) is 45.5 Å². The Bertz CT molecular complexity index is 1180. The van der Waals surface area contributed by atoms with Gasteiger partial charge in [0.2, 0.25) is 12.2 Å². The van der Waals surface area contributed by atoms with E-state index in [0.717, 1.165) is 22.9 Å². The smallest absolute Gasteiger partial charge is 0.209 e. The third-order valence-corrected chi connectivity index (χ3v) is 8.41.